The zero-order chi connectivity index (χ0) is 51.1. The fraction of sp³-hybridized carbons (Fsp3) is 0.419. The van der Waals surface area contributed by atoms with E-state index in [1.54, 1.807) is 0 Å². The summed E-state index contributed by atoms with van der Waals surface area (Å²) in [6.07, 6.45) is 3.41. The van der Waals surface area contributed by atoms with Crippen LogP contribution in [-0.4, -0.2) is 37.1 Å². The summed E-state index contributed by atoms with van der Waals surface area (Å²) in [6.45, 7) is 31.6. The normalized spacial score (nSPS) is 15.3. The highest BCUT2D eigenvalue weighted by atomic mass is 16.3. The number of Topliss-reactive ketones (excluding diaryl/α,β-unsaturated/α-hetero) is 1. The standard InChI is InChI=1S/C62H74O7/c1-58(2,3)46-22-34-16-36-24-47(59(4,5)6)26-38(53(36)65)18-40-28-49(61(10,11)12)30-42(55(40)67)20-44-32-51(63)33-45(57(44)69)21-43-31-50(62(13,14)15)29-41(56(43)68)19-39-27-48(60(7,8)9)25-37(54(39)66)17-35(23-46)52(34)64/h22-33,64-68H,16-21H2,1-15H3. The number of benzene rings is 5. The van der Waals surface area contributed by atoms with Crippen molar-refractivity contribution < 1.29 is 35.1 Å². The molecule has 364 valence electrons. The average molecular weight is 931 g/mol. The Hall–Kier alpha value is -6.08. The second kappa shape index (κ2) is 17.7. The maximum atomic E-state index is 14.6. The number of carbonyl (C=O) groups is 2. The van der Waals surface area contributed by atoms with Gasteiger partial charge in [0, 0.05) is 49.7 Å². The zero-order valence-electron chi connectivity index (χ0n) is 43.7. The lowest BCUT2D eigenvalue weighted by Crippen LogP contribution is -2.19. The number of allylic oxidation sites excluding steroid dienone is 4. The van der Waals surface area contributed by atoms with Crippen LogP contribution in [0, 0.1) is 0 Å². The molecular formula is C62H74O7. The minimum Gasteiger partial charge on any atom is -0.507 e. The van der Waals surface area contributed by atoms with Crippen LogP contribution in [0.25, 0.3) is 0 Å². The van der Waals surface area contributed by atoms with Gasteiger partial charge >= 0.3 is 0 Å². The molecule has 0 aromatic heterocycles. The van der Waals surface area contributed by atoms with Crippen LogP contribution < -0.4 is 0 Å². The van der Waals surface area contributed by atoms with E-state index >= 15 is 0 Å². The first-order chi connectivity index (χ1) is 31.7. The van der Waals surface area contributed by atoms with Crippen LogP contribution >= 0.6 is 0 Å². The van der Waals surface area contributed by atoms with Crippen LogP contribution in [0.4, 0.5) is 0 Å². The van der Waals surface area contributed by atoms with Crippen molar-refractivity contribution in [1.82, 2.24) is 0 Å². The van der Waals surface area contributed by atoms with Crippen molar-refractivity contribution in [3.8, 4) is 28.7 Å². The average Bonchev–Trinajstić information content (AvgIpc) is 3.21. The number of hydrogen-bond acceptors (Lipinski definition) is 7. The van der Waals surface area contributed by atoms with Crippen molar-refractivity contribution in [2.24, 2.45) is 0 Å². The maximum absolute atomic E-state index is 14.6. The van der Waals surface area contributed by atoms with E-state index in [-0.39, 0.29) is 117 Å². The number of phenolic OH excluding ortho intramolecular Hbond substituents is 5. The fourth-order valence-electron chi connectivity index (χ4n) is 9.53. The predicted molar refractivity (Wildman–Crippen MR) is 279 cm³/mol. The monoisotopic (exact) mass is 931 g/mol. The summed E-state index contributed by atoms with van der Waals surface area (Å²) in [5.74, 6) is -0.505. The molecule has 2 aliphatic carbocycles. The van der Waals surface area contributed by atoms with E-state index in [0.717, 1.165) is 27.8 Å². The van der Waals surface area contributed by atoms with Gasteiger partial charge in [0.15, 0.2) is 11.6 Å². The molecule has 0 radical (unpaired) electrons. The summed E-state index contributed by atoms with van der Waals surface area (Å²) in [6, 6.07) is 19.8. The summed E-state index contributed by atoms with van der Waals surface area (Å²) in [5.41, 5.74) is 9.39. The number of ketones is 2. The first-order valence-corrected chi connectivity index (χ1v) is 24.4. The molecule has 0 aliphatic heterocycles. The SMILES string of the molecule is CC(C)(C)c1cc2c(O)c(c1)Cc1cc(C(C)(C)C)cc(c1O)Cc1cc(C(C)(C)C)cc(c1O)Cc1cc(C(C)(C)C)cc(c1O)Cc1cc(C(C)(C)C)cc(c1O)CC1=CC(=O)C=C(C2)C1=O. The summed E-state index contributed by atoms with van der Waals surface area (Å²) >= 11 is 0. The molecule has 0 fully saturated rings. The Labute approximate surface area is 410 Å². The molecule has 0 saturated heterocycles. The summed E-state index contributed by atoms with van der Waals surface area (Å²) in [7, 11) is 0. The van der Waals surface area contributed by atoms with Gasteiger partial charge in [0.2, 0.25) is 0 Å². The molecular weight excluding hydrogens is 857 g/mol. The van der Waals surface area contributed by atoms with Gasteiger partial charge in [-0.3, -0.25) is 9.59 Å². The van der Waals surface area contributed by atoms with E-state index < -0.39 is 0 Å². The second-order valence-electron chi connectivity index (χ2n) is 25.1. The van der Waals surface area contributed by atoms with Crippen molar-refractivity contribution in [3.63, 3.8) is 0 Å². The largest absolute Gasteiger partial charge is 0.507 e. The van der Waals surface area contributed by atoms with E-state index in [4.69, 9.17) is 0 Å². The van der Waals surface area contributed by atoms with Crippen molar-refractivity contribution in [1.29, 1.82) is 0 Å². The quantitative estimate of drug-likeness (QED) is 0.0976. The van der Waals surface area contributed by atoms with Gasteiger partial charge in [-0.1, -0.05) is 165 Å². The molecule has 0 amide bonds. The van der Waals surface area contributed by atoms with Gasteiger partial charge in [-0.2, -0.15) is 0 Å². The number of phenols is 5. The highest BCUT2D eigenvalue weighted by Crippen LogP contribution is 2.44. The lowest BCUT2D eigenvalue weighted by atomic mass is 9.79. The molecule has 5 N–H and O–H groups in total. The van der Waals surface area contributed by atoms with Crippen molar-refractivity contribution in [2.45, 2.75) is 169 Å². The smallest absolute Gasteiger partial charge is 0.185 e. The molecule has 12 bridgehead atoms. The fourth-order valence-corrected chi connectivity index (χ4v) is 9.53. The van der Waals surface area contributed by atoms with Gasteiger partial charge in [-0.15, -0.1) is 0 Å². The summed E-state index contributed by atoms with van der Waals surface area (Å²) < 4.78 is 0. The van der Waals surface area contributed by atoms with Crippen molar-refractivity contribution in [2.75, 3.05) is 0 Å². The molecule has 7 heteroatoms. The Kier molecular flexibility index (Phi) is 13.0. The van der Waals surface area contributed by atoms with Crippen LogP contribution in [-0.2, 0) is 75.2 Å². The number of hydrogen-bond donors (Lipinski definition) is 5. The van der Waals surface area contributed by atoms with Gasteiger partial charge in [0.05, 0.1) is 0 Å². The molecule has 2 aliphatic rings. The number of aromatic hydroxyl groups is 5. The molecule has 0 spiro atoms. The van der Waals surface area contributed by atoms with E-state index in [1.165, 1.54) is 12.2 Å². The van der Waals surface area contributed by atoms with Gasteiger partial charge < -0.3 is 25.5 Å². The van der Waals surface area contributed by atoms with Crippen LogP contribution in [0.2, 0.25) is 0 Å². The molecule has 0 unspecified atom stereocenters. The third kappa shape index (κ3) is 10.7. The van der Waals surface area contributed by atoms with E-state index in [2.05, 4.69) is 104 Å². The maximum Gasteiger partial charge on any atom is 0.185 e. The van der Waals surface area contributed by atoms with Crippen LogP contribution in [0.15, 0.2) is 84.0 Å². The zero-order valence-corrected chi connectivity index (χ0v) is 43.7. The number of fused-ring (bicyclic) bond motifs is 12. The lowest BCUT2D eigenvalue weighted by molar-refractivity contribution is -0.115. The lowest BCUT2D eigenvalue weighted by Gasteiger charge is -2.26. The summed E-state index contributed by atoms with van der Waals surface area (Å²) in [4.78, 5) is 28.1. The van der Waals surface area contributed by atoms with Gasteiger partial charge in [-0.25, -0.2) is 0 Å². The number of carbonyl (C=O) groups excluding carboxylic acids is 2. The highest BCUT2D eigenvalue weighted by molar-refractivity contribution is 6.20. The Bertz CT molecular complexity index is 2790. The Morgan fingerprint density at radius 2 is 0.449 bits per heavy atom. The van der Waals surface area contributed by atoms with Crippen LogP contribution in [0.1, 0.15) is 187 Å². The molecule has 0 saturated carbocycles. The van der Waals surface area contributed by atoms with E-state index in [1.807, 2.05) is 60.7 Å². The van der Waals surface area contributed by atoms with Crippen LogP contribution in [0.3, 0.4) is 0 Å². The molecule has 0 atom stereocenters. The van der Waals surface area contributed by atoms with E-state index in [9.17, 15) is 35.1 Å². The minimum absolute atomic E-state index is 0.0132. The Morgan fingerprint density at radius 1 is 0.290 bits per heavy atom. The van der Waals surface area contributed by atoms with Gasteiger partial charge in [-0.05, 0) is 123 Å². The third-order valence-electron chi connectivity index (χ3n) is 14.2. The molecule has 7 nitrogen and oxygen atoms in total. The molecule has 0 heterocycles. The first kappa shape index (κ1) is 50.8. The Morgan fingerprint density at radius 3 is 0.609 bits per heavy atom. The van der Waals surface area contributed by atoms with Gasteiger partial charge in [0.1, 0.15) is 28.7 Å². The van der Waals surface area contributed by atoms with Crippen molar-refractivity contribution >= 4 is 11.6 Å². The topological polar surface area (TPSA) is 135 Å². The minimum atomic E-state index is -0.363. The molecule has 7 rings (SSSR count). The highest BCUT2D eigenvalue weighted by Gasteiger charge is 2.30. The summed E-state index contributed by atoms with van der Waals surface area (Å²) in [5, 5.41) is 61.5. The number of rotatable bonds is 0. The second-order valence-corrected chi connectivity index (χ2v) is 25.1. The first-order valence-electron chi connectivity index (χ1n) is 24.4. The van der Waals surface area contributed by atoms with Gasteiger partial charge in [0.25, 0.3) is 0 Å². The molecule has 5 aromatic rings. The van der Waals surface area contributed by atoms with Crippen LogP contribution in [0.5, 0.6) is 28.7 Å². The Balaban J connectivity index is 1.53. The van der Waals surface area contributed by atoms with Crippen molar-refractivity contribution in [3.05, 3.63) is 167 Å². The predicted octanol–water partition coefficient (Wildman–Crippen LogP) is 13.2. The van der Waals surface area contributed by atoms with E-state index in [0.29, 0.717) is 55.6 Å². The third-order valence-corrected chi connectivity index (χ3v) is 14.2. The molecule has 5 aromatic carbocycles. The molecule has 69 heavy (non-hydrogen) atoms.